The maximum Gasteiger partial charge on any atom is 0.407 e. The third-order valence-corrected chi connectivity index (χ3v) is 3.47. The van der Waals surface area contributed by atoms with Crippen LogP contribution in [0.2, 0.25) is 0 Å². The van der Waals surface area contributed by atoms with E-state index in [9.17, 15) is 9.59 Å². The Hall–Kier alpha value is -1.06. The lowest BCUT2D eigenvalue weighted by atomic mass is 9.89. The van der Waals surface area contributed by atoms with Crippen molar-refractivity contribution in [3.05, 3.63) is 0 Å². The second-order valence-electron chi connectivity index (χ2n) is 4.49. The summed E-state index contributed by atoms with van der Waals surface area (Å²) in [6, 6.07) is -0.0334. The Bertz CT molecular complexity index is 265. The summed E-state index contributed by atoms with van der Waals surface area (Å²) in [6.45, 7) is 3.97. The molecule has 4 heteroatoms. The normalized spacial score (nSPS) is 26.2. The van der Waals surface area contributed by atoms with Gasteiger partial charge in [0.25, 0.3) is 0 Å². The molecule has 16 heavy (non-hydrogen) atoms. The quantitative estimate of drug-likeness (QED) is 0.800. The number of amides is 1. The average Bonchev–Trinajstić information content (AvgIpc) is 2.74. The molecule has 0 aromatic carbocycles. The molecule has 1 aliphatic rings. The van der Waals surface area contributed by atoms with Crippen molar-refractivity contribution >= 4 is 11.9 Å². The maximum absolute atomic E-state index is 12.1. The smallest absolute Gasteiger partial charge is 0.407 e. The summed E-state index contributed by atoms with van der Waals surface area (Å²) in [7, 11) is 1.34. The molecule has 1 amide bonds. The molecular formula is C12H21NO3. The number of methoxy groups -OCH3 is 1. The number of carbonyl (C=O) groups excluding carboxylic acids is 2. The van der Waals surface area contributed by atoms with Crippen LogP contribution in [0.15, 0.2) is 0 Å². The summed E-state index contributed by atoms with van der Waals surface area (Å²) >= 11 is 0. The van der Waals surface area contributed by atoms with Crippen LogP contribution in [0.25, 0.3) is 0 Å². The lowest BCUT2D eigenvalue weighted by molar-refractivity contribution is -0.126. The van der Waals surface area contributed by atoms with Crippen LogP contribution in [0.5, 0.6) is 0 Å². The van der Waals surface area contributed by atoms with Gasteiger partial charge in [0, 0.05) is 17.9 Å². The Kier molecular flexibility index (Phi) is 4.77. The fourth-order valence-corrected chi connectivity index (χ4v) is 2.25. The van der Waals surface area contributed by atoms with Gasteiger partial charge in [-0.3, -0.25) is 4.79 Å². The van der Waals surface area contributed by atoms with Crippen LogP contribution in [0.4, 0.5) is 4.79 Å². The second-order valence-corrected chi connectivity index (χ2v) is 4.49. The van der Waals surface area contributed by atoms with Gasteiger partial charge in [-0.2, -0.15) is 0 Å². The molecule has 1 fully saturated rings. The first-order valence-electron chi connectivity index (χ1n) is 5.98. The van der Waals surface area contributed by atoms with Crippen LogP contribution in [0.1, 0.15) is 39.5 Å². The number of carbonyl (C=O) groups is 2. The molecule has 0 heterocycles. The monoisotopic (exact) mass is 227 g/mol. The van der Waals surface area contributed by atoms with E-state index in [1.54, 1.807) is 0 Å². The van der Waals surface area contributed by atoms with Gasteiger partial charge in [0.2, 0.25) is 0 Å². The van der Waals surface area contributed by atoms with Crippen molar-refractivity contribution in [2.45, 2.75) is 45.6 Å². The van der Waals surface area contributed by atoms with Crippen molar-refractivity contribution in [3.63, 3.8) is 0 Å². The van der Waals surface area contributed by atoms with Crippen LogP contribution >= 0.6 is 0 Å². The summed E-state index contributed by atoms with van der Waals surface area (Å²) in [5.74, 6) is 0.348. The molecule has 0 aromatic rings. The zero-order chi connectivity index (χ0) is 12.1. The molecule has 3 atom stereocenters. The van der Waals surface area contributed by atoms with Gasteiger partial charge < -0.3 is 10.1 Å². The number of ether oxygens (including phenoxy) is 1. The average molecular weight is 227 g/mol. The highest BCUT2D eigenvalue weighted by atomic mass is 16.5. The molecule has 0 radical (unpaired) electrons. The Balaban J connectivity index is 2.58. The van der Waals surface area contributed by atoms with Crippen LogP contribution in [0.3, 0.4) is 0 Å². The van der Waals surface area contributed by atoms with E-state index in [0.717, 1.165) is 25.7 Å². The molecule has 0 aliphatic heterocycles. The van der Waals surface area contributed by atoms with E-state index in [4.69, 9.17) is 0 Å². The van der Waals surface area contributed by atoms with E-state index in [2.05, 4.69) is 10.1 Å². The van der Waals surface area contributed by atoms with Crippen molar-refractivity contribution in [3.8, 4) is 0 Å². The minimum atomic E-state index is -0.436. The van der Waals surface area contributed by atoms with Gasteiger partial charge in [-0.1, -0.05) is 20.3 Å². The van der Waals surface area contributed by atoms with Crippen LogP contribution in [0, 0.1) is 11.8 Å². The number of rotatable bonds is 4. The van der Waals surface area contributed by atoms with Crippen molar-refractivity contribution in [2.24, 2.45) is 11.8 Å². The van der Waals surface area contributed by atoms with E-state index >= 15 is 0 Å². The first kappa shape index (κ1) is 13.0. The summed E-state index contributed by atoms with van der Waals surface area (Å²) in [5.41, 5.74) is 0. The Morgan fingerprint density at radius 1 is 1.44 bits per heavy atom. The van der Waals surface area contributed by atoms with Crippen LogP contribution < -0.4 is 5.32 Å². The molecule has 1 rings (SSSR count). The number of ketones is 1. The van der Waals surface area contributed by atoms with Gasteiger partial charge in [-0.25, -0.2) is 4.79 Å². The standard InChI is InChI=1S/C12H21NO3/c1-4-8(2)11(14)9-6-5-7-10(9)13-12(15)16-3/h8-10H,4-7H2,1-3H3,(H,13,15)/t8?,9-,10-/m1/s1. The molecular weight excluding hydrogens is 206 g/mol. The molecule has 0 saturated heterocycles. The molecule has 0 bridgehead atoms. The van der Waals surface area contributed by atoms with Crippen molar-refractivity contribution in [1.29, 1.82) is 0 Å². The lowest BCUT2D eigenvalue weighted by Crippen LogP contribution is -2.41. The second kappa shape index (κ2) is 5.87. The van der Waals surface area contributed by atoms with Crippen LogP contribution in [-0.2, 0) is 9.53 Å². The minimum absolute atomic E-state index is 0.0194. The number of hydrogen-bond donors (Lipinski definition) is 1. The highest BCUT2D eigenvalue weighted by Crippen LogP contribution is 2.29. The van der Waals surface area contributed by atoms with Crippen molar-refractivity contribution < 1.29 is 14.3 Å². The zero-order valence-electron chi connectivity index (χ0n) is 10.3. The Morgan fingerprint density at radius 3 is 2.69 bits per heavy atom. The van der Waals surface area contributed by atoms with E-state index in [1.807, 2.05) is 13.8 Å². The number of alkyl carbamates (subject to hydrolysis) is 1. The lowest BCUT2D eigenvalue weighted by Gasteiger charge is -2.21. The summed E-state index contributed by atoms with van der Waals surface area (Å²) in [6.07, 6.45) is 3.19. The molecule has 0 aromatic heterocycles. The highest BCUT2D eigenvalue weighted by Gasteiger charge is 2.35. The van der Waals surface area contributed by atoms with Crippen LogP contribution in [-0.4, -0.2) is 25.0 Å². The van der Waals surface area contributed by atoms with E-state index < -0.39 is 6.09 Å². The van der Waals surface area contributed by atoms with Gasteiger partial charge in [0.15, 0.2) is 0 Å². The molecule has 1 N–H and O–H groups in total. The fraction of sp³-hybridized carbons (Fsp3) is 0.833. The summed E-state index contributed by atoms with van der Waals surface area (Å²) < 4.78 is 4.57. The summed E-state index contributed by atoms with van der Waals surface area (Å²) in [4.78, 5) is 23.2. The first-order chi connectivity index (χ1) is 7.60. The third kappa shape index (κ3) is 2.97. The molecule has 92 valence electrons. The highest BCUT2D eigenvalue weighted by molar-refractivity contribution is 5.84. The predicted octanol–water partition coefficient (Wildman–Crippen LogP) is 2.13. The van der Waals surface area contributed by atoms with Gasteiger partial charge in [0.05, 0.1) is 7.11 Å². The molecule has 1 saturated carbocycles. The predicted molar refractivity (Wildman–Crippen MR) is 61.1 cm³/mol. The molecule has 1 aliphatic carbocycles. The molecule has 0 spiro atoms. The molecule has 4 nitrogen and oxygen atoms in total. The topological polar surface area (TPSA) is 55.4 Å². The minimum Gasteiger partial charge on any atom is -0.453 e. The number of hydrogen-bond acceptors (Lipinski definition) is 3. The zero-order valence-corrected chi connectivity index (χ0v) is 10.3. The molecule has 1 unspecified atom stereocenters. The van der Waals surface area contributed by atoms with Gasteiger partial charge in [-0.05, 0) is 19.3 Å². The summed E-state index contributed by atoms with van der Waals surface area (Å²) in [5, 5.41) is 2.76. The van der Waals surface area contributed by atoms with E-state index in [1.165, 1.54) is 7.11 Å². The Labute approximate surface area is 96.7 Å². The first-order valence-corrected chi connectivity index (χ1v) is 5.98. The van der Waals surface area contributed by atoms with Gasteiger partial charge in [-0.15, -0.1) is 0 Å². The number of Topliss-reactive ketones (excluding diaryl/α,β-unsaturated/α-hetero) is 1. The SMILES string of the molecule is CCC(C)C(=O)[C@@H]1CCC[C@H]1NC(=O)OC. The largest absolute Gasteiger partial charge is 0.453 e. The van der Waals surface area contributed by atoms with Gasteiger partial charge >= 0.3 is 6.09 Å². The van der Waals surface area contributed by atoms with E-state index in [-0.39, 0.29) is 23.7 Å². The van der Waals surface area contributed by atoms with Gasteiger partial charge in [0.1, 0.15) is 5.78 Å². The van der Waals surface area contributed by atoms with Crippen molar-refractivity contribution in [1.82, 2.24) is 5.32 Å². The number of nitrogens with one attached hydrogen (secondary N) is 1. The van der Waals surface area contributed by atoms with E-state index in [0.29, 0.717) is 0 Å². The third-order valence-electron chi connectivity index (χ3n) is 3.47. The Morgan fingerprint density at radius 2 is 2.12 bits per heavy atom. The maximum atomic E-state index is 12.1. The fourth-order valence-electron chi connectivity index (χ4n) is 2.25. The van der Waals surface area contributed by atoms with Crippen molar-refractivity contribution in [2.75, 3.05) is 7.11 Å².